The van der Waals surface area contributed by atoms with Gasteiger partial charge in [-0.2, -0.15) is 0 Å². The lowest BCUT2D eigenvalue weighted by Crippen LogP contribution is -2.45. The number of fused-ring (bicyclic) bond motifs is 1. The highest BCUT2D eigenvalue weighted by Gasteiger charge is 2.28. The first-order valence-corrected chi connectivity index (χ1v) is 9.33. The van der Waals surface area contributed by atoms with E-state index in [-0.39, 0.29) is 18.2 Å². The average molecular weight is 397 g/mol. The molecule has 3 aromatic rings. The molecule has 2 aromatic heterocycles. The Labute approximate surface area is 168 Å². The highest BCUT2D eigenvalue weighted by atomic mass is 16.5. The number of esters is 1. The second kappa shape index (κ2) is 9.18. The maximum atomic E-state index is 12.4. The van der Waals surface area contributed by atoms with Crippen LogP contribution in [0.1, 0.15) is 36.5 Å². The molecule has 29 heavy (non-hydrogen) atoms. The number of ether oxygens (including phenoxy) is 2. The number of nitrogens with one attached hydrogen (secondary N) is 1. The molecule has 0 saturated heterocycles. The van der Waals surface area contributed by atoms with Crippen molar-refractivity contribution in [3.05, 3.63) is 54.0 Å². The van der Waals surface area contributed by atoms with Crippen LogP contribution in [-0.2, 0) is 16.1 Å². The molecule has 0 unspecified atom stereocenters. The minimum atomic E-state index is -0.750. The molecular formula is C21H23N3O5. The van der Waals surface area contributed by atoms with Gasteiger partial charge in [-0.15, -0.1) is 0 Å². The standard InChI is InChI=1S/C21H23N3O5/c1-4-13(2)19(21(26)27-3)23-20(25)18-11-16(29-24-18)12-28-15-7-8-17-14(10-15)6-5-9-22-17/h5-11,13,19H,4,12H2,1-3H3,(H,23,25)/t13-,19-/m0/s1. The number of hydrogen-bond acceptors (Lipinski definition) is 7. The smallest absolute Gasteiger partial charge is 0.328 e. The third kappa shape index (κ3) is 4.90. The van der Waals surface area contributed by atoms with Gasteiger partial charge < -0.3 is 19.3 Å². The second-order valence-electron chi connectivity index (χ2n) is 6.68. The normalized spacial score (nSPS) is 12.9. The van der Waals surface area contributed by atoms with Crippen LogP contribution in [0.15, 0.2) is 47.1 Å². The van der Waals surface area contributed by atoms with Gasteiger partial charge in [-0.05, 0) is 30.2 Å². The summed E-state index contributed by atoms with van der Waals surface area (Å²) in [5, 5.41) is 7.39. The van der Waals surface area contributed by atoms with E-state index in [0.717, 1.165) is 10.9 Å². The Kier molecular flexibility index (Phi) is 6.43. The Balaban J connectivity index is 1.63. The van der Waals surface area contributed by atoms with Gasteiger partial charge in [-0.1, -0.05) is 31.5 Å². The van der Waals surface area contributed by atoms with Crippen molar-refractivity contribution in [2.75, 3.05) is 7.11 Å². The zero-order valence-corrected chi connectivity index (χ0v) is 16.5. The minimum absolute atomic E-state index is 0.0727. The van der Waals surface area contributed by atoms with Gasteiger partial charge in [0.05, 0.1) is 12.6 Å². The number of pyridine rings is 1. The second-order valence-corrected chi connectivity index (χ2v) is 6.68. The lowest BCUT2D eigenvalue weighted by Gasteiger charge is -2.21. The first kappa shape index (κ1) is 20.3. The van der Waals surface area contributed by atoms with Crippen LogP contribution in [0.25, 0.3) is 10.9 Å². The maximum Gasteiger partial charge on any atom is 0.328 e. The zero-order chi connectivity index (χ0) is 20.8. The van der Waals surface area contributed by atoms with Crippen molar-refractivity contribution in [2.45, 2.75) is 32.9 Å². The molecule has 0 saturated carbocycles. The van der Waals surface area contributed by atoms with Gasteiger partial charge in [-0.3, -0.25) is 9.78 Å². The van der Waals surface area contributed by atoms with Crippen molar-refractivity contribution >= 4 is 22.8 Å². The van der Waals surface area contributed by atoms with E-state index in [1.165, 1.54) is 13.2 Å². The number of carbonyl (C=O) groups is 2. The Morgan fingerprint density at radius 1 is 1.24 bits per heavy atom. The fourth-order valence-electron chi connectivity index (χ4n) is 2.80. The molecule has 0 radical (unpaired) electrons. The number of hydrogen-bond donors (Lipinski definition) is 1. The van der Waals surface area contributed by atoms with Crippen molar-refractivity contribution in [1.82, 2.24) is 15.5 Å². The number of benzene rings is 1. The molecule has 152 valence electrons. The molecule has 0 aliphatic rings. The Hall–Kier alpha value is -3.42. The summed E-state index contributed by atoms with van der Waals surface area (Å²) < 4.78 is 15.7. The quantitative estimate of drug-likeness (QED) is 0.582. The molecule has 0 aliphatic carbocycles. The molecule has 0 aliphatic heterocycles. The molecule has 1 amide bonds. The van der Waals surface area contributed by atoms with E-state index < -0.39 is 17.9 Å². The molecule has 2 atom stereocenters. The molecule has 8 nitrogen and oxygen atoms in total. The largest absolute Gasteiger partial charge is 0.486 e. The molecule has 3 rings (SSSR count). The van der Waals surface area contributed by atoms with Crippen LogP contribution in [-0.4, -0.2) is 35.2 Å². The highest BCUT2D eigenvalue weighted by Crippen LogP contribution is 2.20. The summed E-state index contributed by atoms with van der Waals surface area (Å²) in [6, 6.07) is 10.1. The lowest BCUT2D eigenvalue weighted by atomic mass is 9.99. The Bertz CT molecular complexity index is 1000. The van der Waals surface area contributed by atoms with Crippen LogP contribution >= 0.6 is 0 Å². The summed E-state index contributed by atoms with van der Waals surface area (Å²) in [7, 11) is 1.29. The summed E-state index contributed by atoms with van der Waals surface area (Å²) in [6.45, 7) is 3.90. The van der Waals surface area contributed by atoms with Crippen molar-refractivity contribution in [2.24, 2.45) is 5.92 Å². The van der Waals surface area contributed by atoms with E-state index in [1.807, 2.05) is 44.2 Å². The van der Waals surface area contributed by atoms with E-state index >= 15 is 0 Å². The summed E-state index contributed by atoms with van der Waals surface area (Å²) >= 11 is 0. The van der Waals surface area contributed by atoms with Crippen LogP contribution < -0.4 is 10.1 Å². The Morgan fingerprint density at radius 3 is 2.83 bits per heavy atom. The summed E-state index contributed by atoms with van der Waals surface area (Å²) in [5.74, 6) is -0.0449. The predicted octanol–water partition coefficient (Wildman–Crippen LogP) is 3.12. The van der Waals surface area contributed by atoms with Gasteiger partial charge in [0.2, 0.25) is 0 Å². The van der Waals surface area contributed by atoms with Crippen molar-refractivity contribution in [3.63, 3.8) is 0 Å². The van der Waals surface area contributed by atoms with Crippen LogP contribution in [0.2, 0.25) is 0 Å². The monoisotopic (exact) mass is 397 g/mol. The maximum absolute atomic E-state index is 12.4. The lowest BCUT2D eigenvalue weighted by molar-refractivity contribution is -0.144. The third-order valence-corrected chi connectivity index (χ3v) is 4.70. The summed E-state index contributed by atoms with van der Waals surface area (Å²) in [6.07, 6.45) is 2.44. The number of amides is 1. The van der Waals surface area contributed by atoms with Gasteiger partial charge in [0.25, 0.3) is 5.91 Å². The van der Waals surface area contributed by atoms with Crippen molar-refractivity contribution in [1.29, 1.82) is 0 Å². The molecular weight excluding hydrogens is 374 g/mol. The molecule has 0 bridgehead atoms. The molecule has 8 heteroatoms. The molecule has 2 heterocycles. The van der Waals surface area contributed by atoms with Crippen LogP contribution in [0.4, 0.5) is 0 Å². The van der Waals surface area contributed by atoms with E-state index in [9.17, 15) is 9.59 Å². The van der Waals surface area contributed by atoms with E-state index in [2.05, 4.69) is 15.5 Å². The third-order valence-electron chi connectivity index (χ3n) is 4.70. The van der Waals surface area contributed by atoms with E-state index in [4.69, 9.17) is 14.0 Å². The average Bonchev–Trinajstić information content (AvgIpc) is 3.24. The molecule has 1 aromatic carbocycles. The highest BCUT2D eigenvalue weighted by molar-refractivity contribution is 5.95. The first-order valence-electron chi connectivity index (χ1n) is 9.33. The van der Waals surface area contributed by atoms with E-state index in [1.54, 1.807) is 6.20 Å². The van der Waals surface area contributed by atoms with E-state index in [0.29, 0.717) is 17.9 Å². The summed E-state index contributed by atoms with van der Waals surface area (Å²) in [4.78, 5) is 28.6. The molecule has 0 fully saturated rings. The predicted molar refractivity (Wildman–Crippen MR) is 105 cm³/mol. The van der Waals surface area contributed by atoms with Gasteiger partial charge in [0.1, 0.15) is 18.4 Å². The topological polar surface area (TPSA) is 104 Å². The number of rotatable bonds is 8. The number of nitrogens with zero attached hydrogens (tertiary/aromatic N) is 2. The van der Waals surface area contributed by atoms with Gasteiger partial charge in [-0.25, -0.2) is 4.79 Å². The molecule has 0 spiro atoms. The fraction of sp³-hybridized carbons (Fsp3) is 0.333. The summed E-state index contributed by atoms with van der Waals surface area (Å²) in [5.41, 5.74) is 0.948. The Morgan fingerprint density at radius 2 is 2.07 bits per heavy atom. The van der Waals surface area contributed by atoms with Crippen LogP contribution in [0.3, 0.4) is 0 Å². The van der Waals surface area contributed by atoms with Crippen molar-refractivity contribution in [3.8, 4) is 5.75 Å². The SMILES string of the molecule is CC[C@H](C)[C@H](NC(=O)c1cc(COc2ccc3ncccc3c2)on1)C(=O)OC. The number of methoxy groups -OCH3 is 1. The van der Waals surface area contributed by atoms with Crippen molar-refractivity contribution < 1.29 is 23.6 Å². The van der Waals surface area contributed by atoms with Crippen LogP contribution in [0, 0.1) is 5.92 Å². The van der Waals surface area contributed by atoms with Gasteiger partial charge in [0.15, 0.2) is 11.5 Å². The number of aromatic nitrogens is 2. The zero-order valence-electron chi connectivity index (χ0n) is 16.5. The number of carbonyl (C=O) groups excluding carboxylic acids is 2. The fourth-order valence-corrected chi connectivity index (χ4v) is 2.80. The minimum Gasteiger partial charge on any atom is -0.486 e. The van der Waals surface area contributed by atoms with Gasteiger partial charge >= 0.3 is 5.97 Å². The van der Waals surface area contributed by atoms with Crippen LogP contribution in [0.5, 0.6) is 5.75 Å². The van der Waals surface area contributed by atoms with Gasteiger partial charge in [0, 0.05) is 17.6 Å². The first-order chi connectivity index (χ1) is 14.0. The molecule has 1 N–H and O–H groups in total.